The summed E-state index contributed by atoms with van der Waals surface area (Å²) in [6.07, 6.45) is 0. The van der Waals surface area contributed by atoms with Crippen LogP contribution in [0, 0.1) is 13.8 Å². The number of hydrogen-bond donors (Lipinski definition) is 1. The van der Waals surface area contributed by atoms with E-state index in [-0.39, 0.29) is 4.90 Å². The molecule has 0 amide bonds. The Labute approximate surface area is 168 Å². The molecule has 27 heavy (non-hydrogen) atoms. The molecule has 0 saturated carbocycles. The van der Waals surface area contributed by atoms with E-state index in [9.17, 15) is 8.42 Å². The number of methoxy groups -OCH3 is 1. The molecule has 0 spiro atoms. The number of ether oxygens (including phenoxy) is 1. The molecular formula is C19H22N2O3S3. The number of rotatable bonds is 6. The van der Waals surface area contributed by atoms with Gasteiger partial charge in [0.05, 0.1) is 23.4 Å². The van der Waals surface area contributed by atoms with Crippen molar-refractivity contribution in [3.63, 3.8) is 0 Å². The zero-order valence-corrected chi connectivity index (χ0v) is 18.3. The van der Waals surface area contributed by atoms with E-state index in [2.05, 4.69) is 23.6 Å². The second kappa shape index (κ2) is 7.61. The molecule has 2 aromatic heterocycles. The number of sulfonamides is 1. The van der Waals surface area contributed by atoms with Crippen molar-refractivity contribution >= 4 is 38.4 Å². The number of anilines is 1. The van der Waals surface area contributed by atoms with Crippen LogP contribution in [0.5, 0.6) is 5.75 Å². The zero-order chi connectivity index (χ0) is 19.8. The van der Waals surface area contributed by atoms with Gasteiger partial charge in [-0.05, 0) is 43.5 Å². The SMILES string of the molecule is COc1ccc(C)cc1NS(=O)(=O)c1cc(-c2nc(C(C)C)cs2)sc1C. The van der Waals surface area contributed by atoms with Crippen molar-refractivity contribution in [1.29, 1.82) is 0 Å². The first-order valence-corrected chi connectivity index (χ1v) is 11.6. The molecule has 0 aliphatic heterocycles. The first-order chi connectivity index (χ1) is 12.7. The van der Waals surface area contributed by atoms with Gasteiger partial charge in [0.1, 0.15) is 15.7 Å². The van der Waals surface area contributed by atoms with E-state index in [0.717, 1.165) is 26.0 Å². The van der Waals surface area contributed by atoms with Gasteiger partial charge in [0, 0.05) is 10.3 Å². The molecule has 0 aliphatic carbocycles. The normalized spacial score (nSPS) is 11.8. The van der Waals surface area contributed by atoms with E-state index in [4.69, 9.17) is 4.74 Å². The highest BCUT2D eigenvalue weighted by Gasteiger charge is 2.23. The summed E-state index contributed by atoms with van der Waals surface area (Å²) in [7, 11) is -2.21. The molecule has 0 aliphatic rings. The Morgan fingerprint density at radius 2 is 1.93 bits per heavy atom. The number of nitrogens with zero attached hydrogens (tertiary/aromatic N) is 1. The van der Waals surface area contributed by atoms with Gasteiger partial charge in [0.15, 0.2) is 0 Å². The highest BCUT2D eigenvalue weighted by atomic mass is 32.2. The number of benzene rings is 1. The third-order valence-corrected chi connectivity index (χ3v) is 7.79. The van der Waals surface area contributed by atoms with Crippen molar-refractivity contribution in [3.05, 3.63) is 45.8 Å². The standard InChI is InChI=1S/C19H22N2O3S3/c1-11(2)15-10-25-19(20-15)17-9-18(13(4)26-17)27(22,23)21-14-8-12(3)6-7-16(14)24-5/h6-11,21H,1-5H3. The molecule has 0 unspecified atom stereocenters. The molecule has 0 bridgehead atoms. The molecule has 5 nitrogen and oxygen atoms in total. The van der Waals surface area contributed by atoms with Crippen LogP contribution in [0.4, 0.5) is 5.69 Å². The van der Waals surface area contributed by atoms with Gasteiger partial charge in [-0.1, -0.05) is 19.9 Å². The average Bonchev–Trinajstić information content (AvgIpc) is 3.21. The lowest BCUT2D eigenvalue weighted by molar-refractivity contribution is 0.417. The molecule has 8 heteroatoms. The van der Waals surface area contributed by atoms with Crippen LogP contribution < -0.4 is 9.46 Å². The first kappa shape index (κ1) is 19.9. The number of thiazole rings is 1. The first-order valence-electron chi connectivity index (χ1n) is 8.45. The van der Waals surface area contributed by atoms with Crippen LogP contribution in [0.2, 0.25) is 0 Å². The maximum atomic E-state index is 13.0. The van der Waals surface area contributed by atoms with Crippen molar-refractivity contribution in [2.24, 2.45) is 0 Å². The van der Waals surface area contributed by atoms with Gasteiger partial charge in [-0.3, -0.25) is 4.72 Å². The van der Waals surface area contributed by atoms with Crippen LogP contribution in [-0.2, 0) is 10.0 Å². The Morgan fingerprint density at radius 1 is 1.19 bits per heavy atom. The van der Waals surface area contributed by atoms with Crippen LogP contribution in [0.25, 0.3) is 9.88 Å². The van der Waals surface area contributed by atoms with Crippen molar-refractivity contribution in [2.45, 2.75) is 38.5 Å². The Morgan fingerprint density at radius 3 is 2.56 bits per heavy atom. The van der Waals surface area contributed by atoms with Crippen molar-refractivity contribution < 1.29 is 13.2 Å². The molecule has 1 N–H and O–H groups in total. The van der Waals surface area contributed by atoms with Crippen molar-refractivity contribution in [3.8, 4) is 15.6 Å². The Hall–Kier alpha value is -1.90. The Bertz CT molecular complexity index is 1070. The second-order valence-corrected chi connectivity index (χ2v) is 10.3. The summed E-state index contributed by atoms with van der Waals surface area (Å²) in [6.45, 7) is 7.90. The molecule has 0 fully saturated rings. The van der Waals surface area contributed by atoms with E-state index >= 15 is 0 Å². The minimum Gasteiger partial charge on any atom is -0.495 e. The number of aryl methyl sites for hydroxylation is 2. The zero-order valence-electron chi connectivity index (χ0n) is 15.9. The maximum absolute atomic E-state index is 13.0. The summed E-state index contributed by atoms with van der Waals surface area (Å²) < 4.78 is 33.9. The molecule has 2 heterocycles. The van der Waals surface area contributed by atoms with Gasteiger partial charge in [-0.25, -0.2) is 13.4 Å². The number of aromatic nitrogens is 1. The van der Waals surface area contributed by atoms with Crippen LogP contribution in [0.15, 0.2) is 34.5 Å². The van der Waals surface area contributed by atoms with Crippen molar-refractivity contribution in [1.82, 2.24) is 4.98 Å². The summed E-state index contributed by atoms with van der Waals surface area (Å²) in [5, 5.41) is 2.88. The monoisotopic (exact) mass is 422 g/mol. The van der Waals surface area contributed by atoms with E-state index in [1.165, 1.54) is 29.8 Å². The predicted octanol–water partition coefficient (Wildman–Crippen LogP) is 5.42. The topological polar surface area (TPSA) is 68.3 Å². The van der Waals surface area contributed by atoms with Crippen LogP contribution in [0.1, 0.15) is 35.9 Å². The van der Waals surface area contributed by atoms with E-state index in [1.807, 2.05) is 25.3 Å². The highest BCUT2D eigenvalue weighted by molar-refractivity contribution is 7.93. The van der Waals surface area contributed by atoms with Crippen LogP contribution >= 0.6 is 22.7 Å². The van der Waals surface area contributed by atoms with E-state index < -0.39 is 10.0 Å². The Kier molecular flexibility index (Phi) is 5.60. The molecule has 0 atom stereocenters. The third kappa shape index (κ3) is 4.17. The van der Waals surface area contributed by atoms with E-state index in [1.54, 1.807) is 18.2 Å². The fourth-order valence-electron chi connectivity index (χ4n) is 2.60. The quantitative estimate of drug-likeness (QED) is 0.576. The highest BCUT2D eigenvalue weighted by Crippen LogP contribution is 2.37. The van der Waals surface area contributed by atoms with Gasteiger partial charge in [-0.15, -0.1) is 22.7 Å². The molecule has 0 radical (unpaired) electrons. The lowest BCUT2D eigenvalue weighted by Crippen LogP contribution is -2.14. The third-order valence-electron chi connectivity index (χ3n) is 4.09. The van der Waals surface area contributed by atoms with Crippen molar-refractivity contribution in [2.75, 3.05) is 11.8 Å². The summed E-state index contributed by atoms with van der Waals surface area (Å²) in [5.74, 6) is 0.827. The van der Waals surface area contributed by atoms with Gasteiger partial charge >= 0.3 is 0 Å². The molecule has 1 aromatic carbocycles. The lowest BCUT2D eigenvalue weighted by Gasteiger charge is -2.12. The second-order valence-electron chi connectivity index (χ2n) is 6.57. The van der Waals surface area contributed by atoms with Crippen LogP contribution in [-0.4, -0.2) is 20.5 Å². The minimum atomic E-state index is -3.73. The van der Waals surface area contributed by atoms with Crippen LogP contribution in [0.3, 0.4) is 0 Å². The number of hydrogen-bond acceptors (Lipinski definition) is 6. The summed E-state index contributed by atoms with van der Waals surface area (Å²) in [5.41, 5.74) is 2.40. The fraction of sp³-hybridized carbons (Fsp3) is 0.316. The van der Waals surface area contributed by atoms with Gasteiger partial charge in [0.2, 0.25) is 0 Å². The lowest BCUT2D eigenvalue weighted by atomic mass is 10.2. The van der Waals surface area contributed by atoms with E-state index in [0.29, 0.717) is 17.4 Å². The largest absolute Gasteiger partial charge is 0.495 e. The van der Waals surface area contributed by atoms with Gasteiger partial charge < -0.3 is 4.74 Å². The summed E-state index contributed by atoms with van der Waals surface area (Å²) in [6, 6.07) is 7.09. The molecule has 3 aromatic rings. The van der Waals surface area contributed by atoms with Gasteiger partial charge in [-0.2, -0.15) is 0 Å². The smallest absolute Gasteiger partial charge is 0.263 e. The maximum Gasteiger partial charge on any atom is 0.263 e. The molecular weight excluding hydrogens is 400 g/mol. The number of thiophene rings is 1. The van der Waals surface area contributed by atoms with Gasteiger partial charge in [0.25, 0.3) is 10.0 Å². The summed E-state index contributed by atoms with van der Waals surface area (Å²) in [4.78, 5) is 6.49. The molecule has 0 saturated heterocycles. The number of nitrogens with one attached hydrogen (secondary N) is 1. The average molecular weight is 423 g/mol. The Balaban J connectivity index is 1.96. The fourth-order valence-corrected chi connectivity index (χ4v) is 6.30. The predicted molar refractivity (Wildman–Crippen MR) is 113 cm³/mol. The molecule has 3 rings (SSSR count). The minimum absolute atomic E-state index is 0.271. The molecule has 144 valence electrons. The summed E-state index contributed by atoms with van der Waals surface area (Å²) >= 11 is 2.98.